The molecular weight excluding hydrogens is 436 g/mol. The number of amides is 2. The van der Waals surface area contributed by atoms with Gasteiger partial charge in [0.25, 0.3) is 0 Å². The van der Waals surface area contributed by atoms with Crippen molar-refractivity contribution < 1.29 is 18.0 Å². The van der Waals surface area contributed by atoms with Gasteiger partial charge in [-0.2, -0.15) is 0 Å². The van der Waals surface area contributed by atoms with Crippen molar-refractivity contribution >= 4 is 21.8 Å². The number of nitrogens with zero attached hydrogens (tertiary/aromatic N) is 1. The SMILES string of the molecule is Cc1ccc(CN2C(=O)[C@@H]3CCCC[C@H]3C2=O)cc1S(=O)(=O)N[C@H]1CCCc2ccccc21. The average molecular weight is 467 g/mol. The zero-order valence-electron chi connectivity index (χ0n) is 18.9. The summed E-state index contributed by atoms with van der Waals surface area (Å²) in [5.74, 6) is -0.612. The van der Waals surface area contributed by atoms with Crippen LogP contribution in [0.1, 0.15) is 66.8 Å². The van der Waals surface area contributed by atoms with Crippen molar-refractivity contribution in [1.82, 2.24) is 9.62 Å². The van der Waals surface area contributed by atoms with E-state index in [1.165, 1.54) is 10.5 Å². The molecule has 1 N–H and O–H groups in total. The molecule has 6 nitrogen and oxygen atoms in total. The molecule has 7 heteroatoms. The molecule has 5 rings (SSSR count). The van der Waals surface area contributed by atoms with Crippen LogP contribution in [-0.2, 0) is 32.6 Å². The Hall–Kier alpha value is -2.51. The summed E-state index contributed by atoms with van der Waals surface area (Å²) in [6.45, 7) is 1.90. The van der Waals surface area contributed by atoms with Crippen LogP contribution < -0.4 is 4.72 Å². The first-order valence-electron chi connectivity index (χ1n) is 11.9. The summed E-state index contributed by atoms with van der Waals surface area (Å²) in [6, 6.07) is 12.9. The summed E-state index contributed by atoms with van der Waals surface area (Å²) in [6.07, 6.45) is 6.16. The van der Waals surface area contributed by atoms with E-state index in [-0.39, 0.29) is 41.1 Å². The third kappa shape index (κ3) is 4.13. The van der Waals surface area contributed by atoms with Crippen LogP contribution in [0.3, 0.4) is 0 Å². The number of aryl methyl sites for hydroxylation is 2. The van der Waals surface area contributed by atoms with Gasteiger partial charge in [-0.3, -0.25) is 14.5 Å². The Labute approximate surface area is 195 Å². The first kappa shape index (κ1) is 22.3. The number of benzene rings is 2. The summed E-state index contributed by atoms with van der Waals surface area (Å²) in [5.41, 5.74) is 3.53. The third-order valence-electron chi connectivity index (χ3n) is 7.48. The Bertz CT molecular complexity index is 1180. The molecule has 0 radical (unpaired) electrons. The van der Waals surface area contributed by atoms with Gasteiger partial charge < -0.3 is 0 Å². The zero-order valence-corrected chi connectivity index (χ0v) is 19.7. The summed E-state index contributed by atoms with van der Waals surface area (Å²) in [5, 5.41) is 0. The number of imide groups is 1. The number of sulfonamides is 1. The number of nitrogens with one attached hydrogen (secondary N) is 1. The minimum absolute atomic E-state index is 0.105. The maximum atomic E-state index is 13.4. The fourth-order valence-electron chi connectivity index (χ4n) is 5.73. The van der Waals surface area contributed by atoms with Crippen LogP contribution in [0.4, 0.5) is 0 Å². The molecule has 2 aliphatic carbocycles. The van der Waals surface area contributed by atoms with E-state index >= 15 is 0 Å². The highest BCUT2D eigenvalue weighted by molar-refractivity contribution is 7.89. The van der Waals surface area contributed by atoms with Crippen LogP contribution in [0.5, 0.6) is 0 Å². The molecule has 0 spiro atoms. The smallest absolute Gasteiger partial charge is 0.241 e. The van der Waals surface area contributed by atoms with Crippen molar-refractivity contribution in [2.75, 3.05) is 0 Å². The summed E-state index contributed by atoms with van der Waals surface area (Å²) < 4.78 is 29.7. The first-order valence-corrected chi connectivity index (χ1v) is 13.4. The molecule has 2 aromatic rings. The van der Waals surface area contributed by atoms with E-state index in [4.69, 9.17) is 0 Å². The number of fused-ring (bicyclic) bond motifs is 2. The maximum Gasteiger partial charge on any atom is 0.241 e. The molecule has 0 bridgehead atoms. The predicted molar refractivity (Wildman–Crippen MR) is 125 cm³/mol. The molecule has 3 aliphatic rings. The van der Waals surface area contributed by atoms with Crippen LogP contribution in [0.15, 0.2) is 47.4 Å². The molecule has 1 heterocycles. The highest BCUT2D eigenvalue weighted by Gasteiger charge is 2.47. The van der Waals surface area contributed by atoms with Crippen molar-refractivity contribution in [1.29, 1.82) is 0 Å². The molecule has 1 saturated heterocycles. The standard InChI is InChI=1S/C26H30N2O4S/c1-17-13-14-18(16-28-25(29)21-10-4-5-11-22(21)26(28)30)15-24(17)33(31,32)27-23-12-6-8-19-7-2-3-9-20(19)23/h2-3,7,9,13-15,21-23,27H,4-6,8,10-12,16H2,1H3/t21-,22-,23+/m1/s1. The fourth-order valence-corrected chi connectivity index (χ4v) is 7.27. The van der Waals surface area contributed by atoms with Gasteiger partial charge in [0.05, 0.1) is 23.3 Å². The lowest BCUT2D eigenvalue weighted by atomic mass is 9.81. The minimum atomic E-state index is -3.78. The van der Waals surface area contributed by atoms with E-state index in [9.17, 15) is 18.0 Å². The van der Waals surface area contributed by atoms with Gasteiger partial charge in [-0.25, -0.2) is 13.1 Å². The summed E-state index contributed by atoms with van der Waals surface area (Å²) >= 11 is 0. The van der Waals surface area contributed by atoms with Crippen molar-refractivity contribution in [2.24, 2.45) is 11.8 Å². The highest BCUT2D eigenvalue weighted by Crippen LogP contribution is 2.39. The summed E-state index contributed by atoms with van der Waals surface area (Å²) in [4.78, 5) is 27.3. The Morgan fingerprint density at radius 1 is 0.939 bits per heavy atom. The second-order valence-electron chi connectivity index (χ2n) is 9.62. The van der Waals surface area contributed by atoms with E-state index in [0.29, 0.717) is 11.1 Å². The number of carbonyl (C=O) groups excluding carboxylic acids is 2. The normalized spacial score (nSPS) is 25.1. The number of hydrogen-bond donors (Lipinski definition) is 1. The lowest BCUT2D eigenvalue weighted by Gasteiger charge is -2.26. The number of hydrogen-bond acceptors (Lipinski definition) is 4. The molecule has 3 atom stereocenters. The fraction of sp³-hybridized carbons (Fsp3) is 0.462. The van der Waals surface area contributed by atoms with E-state index in [1.807, 2.05) is 24.3 Å². The van der Waals surface area contributed by atoms with Crippen molar-refractivity contribution in [3.05, 3.63) is 64.7 Å². The molecule has 2 amide bonds. The van der Waals surface area contributed by atoms with E-state index in [1.54, 1.807) is 19.1 Å². The van der Waals surface area contributed by atoms with Crippen molar-refractivity contribution in [3.63, 3.8) is 0 Å². The van der Waals surface area contributed by atoms with Gasteiger partial charge in [0, 0.05) is 6.04 Å². The van der Waals surface area contributed by atoms with E-state index in [2.05, 4.69) is 10.8 Å². The number of likely N-dealkylation sites (tertiary alicyclic amines) is 1. The molecule has 2 aromatic carbocycles. The third-order valence-corrected chi connectivity index (χ3v) is 9.10. The van der Waals surface area contributed by atoms with Gasteiger partial charge in [0.1, 0.15) is 0 Å². The van der Waals surface area contributed by atoms with Gasteiger partial charge in [-0.05, 0) is 67.3 Å². The van der Waals surface area contributed by atoms with Crippen molar-refractivity contribution in [3.8, 4) is 0 Å². The largest absolute Gasteiger partial charge is 0.278 e. The Morgan fingerprint density at radius 2 is 1.64 bits per heavy atom. The predicted octanol–water partition coefficient (Wildman–Crippen LogP) is 4.03. The molecule has 0 aromatic heterocycles. The average Bonchev–Trinajstić information content (AvgIpc) is 3.05. The second-order valence-corrected chi connectivity index (χ2v) is 11.3. The highest BCUT2D eigenvalue weighted by atomic mass is 32.2. The second kappa shape index (κ2) is 8.69. The van der Waals surface area contributed by atoms with Crippen LogP contribution in [0, 0.1) is 18.8 Å². The minimum Gasteiger partial charge on any atom is -0.278 e. The van der Waals surface area contributed by atoms with Gasteiger partial charge in [-0.15, -0.1) is 0 Å². The van der Waals surface area contributed by atoms with Crippen molar-refractivity contribution in [2.45, 2.75) is 69.4 Å². The van der Waals surface area contributed by atoms with Crippen LogP contribution in [0.2, 0.25) is 0 Å². The quantitative estimate of drug-likeness (QED) is 0.675. The Morgan fingerprint density at radius 3 is 2.36 bits per heavy atom. The molecule has 1 aliphatic heterocycles. The number of rotatable bonds is 5. The topological polar surface area (TPSA) is 83.6 Å². The first-order chi connectivity index (χ1) is 15.8. The lowest BCUT2D eigenvalue weighted by Crippen LogP contribution is -2.32. The Kier molecular flexibility index (Phi) is 5.87. The molecule has 33 heavy (non-hydrogen) atoms. The molecule has 1 saturated carbocycles. The van der Waals surface area contributed by atoms with Gasteiger partial charge in [0.2, 0.25) is 21.8 Å². The van der Waals surface area contributed by atoms with Gasteiger partial charge >= 0.3 is 0 Å². The lowest BCUT2D eigenvalue weighted by molar-refractivity contribution is -0.140. The molecule has 0 unspecified atom stereocenters. The van der Waals surface area contributed by atoms with E-state index in [0.717, 1.165) is 50.5 Å². The monoisotopic (exact) mass is 466 g/mol. The van der Waals surface area contributed by atoms with Crippen LogP contribution >= 0.6 is 0 Å². The number of carbonyl (C=O) groups is 2. The van der Waals surface area contributed by atoms with Crippen LogP contribution in [-0.4, -0.2) is 25.1 Å². The summed E-state index contributed by atoms with van der Waals surface area (Å²) in [7, 11) is -3.78. The van der Waals surface area contributed by atoms with E-state index < -0.39 is 10.0 Å². The molecule has 174 valence electrons. The van der Waals surface area contributed by atoms with Crippen LogP contribution in [0.25, 0.3) is 0 Å². The molecular formula is C26H30N2O4S. The Balaban J connectivity index is 1.39. The maximum absolute atomic E-state index is 13.4. The zero-order chi connectivity index (χ0) is 23.2. The molecule has 2 fully saturated rings. The van der Waals surface area contributed by atoms with Gasteiger partial charge in [-0.1, -0.05) is 49.2 Å². The van der Waals surface area contributed by atoms with Gasteiger partial charge in [0.15, 0.2) is 0 Å².